The number of nitrogens with two attached hydrogens (primary N) is 1. The molecule has 0 atom stereocenters. The fraction of sp³-hybridized carbons (Fsp3) is 0.500. The number of rotatable bonds is 6. The number of carboxylic acids is 1. The molecular formula is C24H33F3N6O4. The Morgan fingerprint density at radius 1 is 1.14 bits per heavy atom. The number of carbonyl (C=O) groups is 2. The highest BCUT2D eigenvalue weighted by molar-refractivity contribution is 5.91. The maximum absolute atomic E-state index is 12.2. The fourth-order valence-corrected chi connectivity index (χ4v) is 4.05. The van der Waals surface area contributed by atoms with Gasteiger partial charge in [0.25, 0.3) is 0 Å². The second kappa shape index (κ2) is 12.5. The first kappa shape index (κ1) is 29.5. The Morgan fingerprint density at radius 3 is 2.22 bits per heavy atom. The molecule has 10 nitrogen and oxygen atoms in total. The molecule has 1 fully saturated rings. The Hall–Kier alpha value is -3.77. The number of aryl methyl sites for hydroxylation is 1. The molecule has 1 aromatic heterocycles. The van der Waals surface area contributed by atoms with E-state index in [0.29, 0.717) is 11.7 Å². The van der Waals surface area contributed by atoms with Crippen molar-refractivity contribution in [3.63, 3.8) is 0 Å². The van der Waals surface area contributed by atoms with Crippen molar-refractivity contribution in [2.24, 2.45) is 5.73 Å². The molecule has 0 aliphatic heterocycles. The number of hydrogen-bond donors (Lipinski definition) is 3. The van der Waals surface area contributed by atoms with Gasteiger partial charge >= 0.3 is 18.2 Å². The number of nitrogens with zero attached hydrogens (tertiary/aromatic N) is 4. The highest BCUT2D eigenvalue weighted by atomic mass is 19.4. The lowest BCUT2D eigenvalue weighted by atomic mass is 9.90. The van der Waals surface area contributed by atoms with Crippen molar-refractivity contribution >= 4 is 29.5 Å². The molecule has 4 N–H and O–H groups in total. The molecule has 0 unspecified atom stereocenters. The van der Waals surface area contributed by atoms with Gasteiger partial charge in [-0.25, -0.2) is 14.6 Å². The zero-order chi connectivity index (χ0) is 27.9. The van der Waals surface area contributed by atoms with Crippen LogP contribution in [0.2, 0.25) is 0 Å². The van der Waals surface area contributed by atoms with E-state index in [1.807, 2.05) is 57.1 Å². The van der Waals surface area contributed by atoms with E-state index < -0.39 is 18.2 Å². The van der Waals surface area contributed by atoms with Crippen LogP contribution in [0, 0.1) is 13.8 Å². The first-order valence-corrected chi connectivity index (χ1v) is 11.6. The number of alkyl halides is 3. The number of ether oxygens (including phenoxy) is 1. The topological polar surface area (TPSA) is 134 Å². The number of aliphatic carboxylic acids is 1. The van der Waals surface area contributed by atoms with Gasteiger partial charge in [-0.1, -0.05) is 6.07 Å². The van der Waals surface area contributed by atoms with E-state index in [-0.39, 0.29) is 12.1 Å². The number of amides is 2. The van der Waals surface area contributed by atoms with Crippen LogP contribution < -0.4 is 25.6 Å². The molecule has 3 rings (SSSR count). The summed E-state index contributed by atoms with van der Waals surface area (Å²) in [5.41, 5.74) is 8.56. The monoisotopic (exact) mass is 526 g/mol. The summed E-state index contributed by atoms with van der Waals surface area (Å²) in [5.74, 6) is -0.466. The molecule has 2 aromatic rings. The van der Waals surface area contributed by atoms with E-state index in [9.17, 15) is 18.0 Å². The van der Waals surface area contributed by atoms with E-state index in [0.717, 1.165) is 48.4 Å². The van der Waals surface area contributed by atoms with Gasteiger partial charge in [-0.05, 0) is 51.7 Å². The molecule has 1 aromatic carbocycles. The highest BCUT2D eigenvalue weighted by Crippen LogP contribution is 2.31. The van der Waals surface area contributed by atoms with E-state index in [2.05, 4.69) is 15.3 Å². The minimum atomic E-state index is -5.08. The summed E-state index contributed by atoms with van der Waals surface area (Å²) < 4.78 is 37.0. The van der Waals surface area contributed by atoms with Gasteiger partial charge in [-0.2, -0.15) is 18.2 Å². The number of nitrogens with one attached hydrogen (secondary N) is 1. The third-order valence-electron chi connectivity index (χ3n) is 5.99. The summed E-state index contributed by atoms with van der Waals surface area (Å²) in [6, 6.07) is 7.35. The third-order valence-corrected chi connectivity index (χ3v) is 5.99. The quantitative estimate of drug-likeness (QED) is 0.512. The first-order valence-electron chi connectivity index (χ1n) is 11.6. The molecule has 0 spiro atoms. The largest absolute Gasteiger partial charge is 0.497 e. The molecule has 1 heterocycles. The normalized spacial score (nSPS) is 17.2. The summed E-state index contributed by atoms with van der Waals surface area (Å²) >= 11 is 0. The van der Waals surface area contributed by atoms with Crippen molar-refractivity contribution in [1.82, 2.24) is 9.97 Å². The standard InChI is InChI=1S/C22H32N6O2.C2HF3O2/c1-14-15(2)24-22(26-20(14)27(3)4)25-16-9-11-17(12-10-16)28(21(23)29)18-7-6-8-19(13-18)30-5;3-2(4,5)1(6)7/h6-8,13,16-17H,9-12H2,1-5H3,(H2,23,29)(H,24,25,26);(H,6,7)/t16-,17+;. The van der Waals surface area contributed by atoms with E-state index in [1.165, 1.54) is 0 Å². The van der Waals surface area contributed by atoms with Gasteiger partial charge < -0.3 is 25.8 Å². The van der Waals surface area contributed by atoms with Crippen molar-refractivity contribution in [3.05, 3.63) is 35.5 Å². The van der Waals surface area contributed by atoms with E-state index in [1.54, 1.807) is 12.0 Å². The molecule has 0 saturated heterocycles. The average Bonchev–Trinajstić information content (AvgIpc) is 2.82. The van der Waals surface area contributed by atoms with Crippen LogP contribution in [-0.4, -0.2) is 66.5 Å². The summed E-state index contributed by atoms with van der Waals surface area (Å²) in [6.07, 6.45) is -1.57. The molecule has 1 aliphatic rings. The van der Waals surface area contributed by atoms with Crippen LogP contribution in [0.5, 0.6) is 5.75 Å². The number of primary amides is 1. The highest BCUT2D eigenvalue weighted by Gasteiger charge is 2.38. The van der Waals surface area contributed by atoms with Crippen LogP contribution in [0.1, 0.15) is 36.9 Å². The lowest BCUT2D eigenvalue weighted by Gasteiger charge is -2.36. The summed E-state index contributed by atoms with van der Waals surface area (Å²) in [7, 11) is 5.59. The molecule has 1 aliphatic carbocycles. The maximum atomic E-state index is 12.2. The molecule has 2 amide bonds. The number of halogens is 3. The Bertz CT molecular complexity index is 1090. The molecule has 0 radical (unpaired) electrons. The SMILES string of the molecule is COc1cccc(N(C(N)=O)[C@H]2CC[C@@H](Nc3nc(C)c(C)c(N(C)C)n3)CC2)c1.O=C(O)C(F)(F)F. The van der Waals surface area contributed by atoms with Gasteiger partial charge in [-0.3, -0.25) is 4.90 Å². The number of hydrogen-bond acceptors (Lipinski definition) is 7. The zero-order valence-electron chi connectivity index (χ0n) is 21.5. The van der Waals surface area contributed by atoms with Crippen LogP contribution in [0.4, 0.5) is 35.4 Å². The van der Waals surface area contributed by atoms with Gasteiger partial charge in [0.2, 0.25) is 5.95 Å². The van der Waals surface area contributed by atoms with Crippen molar-refractivity contribution < 1.29 is 32.6 Å². The molecule has 13 heteroatoms. The second-order valence-electron chi connectivity index (χ2n) is 8.84. The van der Waals surface area contributed by atoms with Crippen molar-refractivity contribution in [3.8, 4) is 5.75 Å². The van der Waals surface area contributed by atoms with Gasteiger partial charge in [-0.15, -0.1) is 0 Å². The first-order chi connectivity index (χ1) is 17.2. The zero-order valence-corrected chi connectivity index (χ0v) is 21.5. The summed E-state index contributed by atoms with van der Waals surface area (Å²) in [6.45, 7) is 4.04. The Kier molecular flexibility index (Phi) is 9.92. The Balaban J connectivity index is 0.000000604. The molecule has 37 heavy (non-hydrogen) atoms. The number of urea groups is 1. The molecule has 1 saturated carbocycles. The van der Waals surface area contributed by atoms with Crippen LogP contribution in [0.25, 0.3) is 0 Å². The number of benzene rings is 1. The number of carboxylic acid groups (broad SMARTS) is 1. The summed E-state index contributed by atoms with van der Waals surface area (Å²) in [4.78, 5) is 34.1. The minimum absolute atomic E-state index is 0.0608. The van der Waals surface area contributed by atoms with Gasteiger partial charge in [0.05, 0.1) is 7.11 Å². The van der Waals surface area contributed by atoms with Crippen LogP contribution in [-0.2, 0) is 4.79 Å². The lowest BCUT2D eigenvalue weighted by Crippen LogP contribution is -2.46. The predicted molar refractivity (Wildman–Crippen MR) is 134 cm³/mol. The van der Waals surface area contributed by atoms with Crippen LogP contribution in [0.3, 0.4) is 0 Å². The number of methoxy groups -OCH3 is 1. The molecule has 204 valence electrons. The summed E-state index contributed by atoms with van der Waals surface area (Å²) in [5, 5.41) is 10.6. The third kappa shape index (κ3) is 8.12. The van der Waals surface area contributed by atoms with Crippen LogP contribution >= 0.6 is 0 Å². The molecule has 0 bridgehead atoms. The van der Waals surface area contributed by atoms with Gasteiger partial charge in [0.15, 0.2) is 0 Å². The van der Waals surface area contributed by atoms with E-state index >= 15 is 0 Å². The van der Waals surface area contributed by atoms with Crippen LogP contribution in [0.15, 0.2) is 24.3 Å². The number of aromatic nitrogens is 2. The van der Waals surface area contributed by atoms with Gasteiger partial charge in [0.1, 0.15) is 11.6 Å². The fourth-order valence-electron chi connectivity index (χ4n) is 4.05. The Labute approximate surface area is 213 Å². The smallest absolute Gasteiger partial charge is 0.490 e. The Morgan fingerprint density at radius 2 is 1.73 bits per heavy atom. The number of anilines is 3. The van der Waals surface area contributed by atoms with E-state index in [4.69, 9.17) is 20.4 Å². The number of carbonyl (C=O) groups excluding carboxylic acids is 1. The van der Waals surface area contributed by atoms with Crippen molar-refractivity contribution in [2.45, 2.75) is 57.8 Å². The van der Waals surface area contributed by atoms with Crippen molar-refractivity contribution in [1.29, 1.82) is 0 Å². The average molecular weight is 527 g/mol. The van der Waals surface area contributed by atoms with Gasteiger partial charge in [0, 0.05) is 49.2 Å². The minimum Gasteiger partial charge on any atom is -0.497 e. The maximum Gasteiger partial charge on any atom is 0.490 e. The molecular weight excluding hydrogens is 493 g/mol. The van der Waals surface area contributed by atoms with Crippen molar-refractivity contribution in [2.75, 3.05) is 36.3 Å². The predicted octanol–water partition coefficient (Wildman–Crippen LogP) is 4.11. The second-order valence-corrected chi connectivity index (χ2v) is 8.84. The lowest BCUT2D eigenvalue weighted by molar-refractivity contribution is -0.192.